The highest BCUT2D eigenvalue weighted by molar-refractivity contribution is 5.85. The largest absolute Gasteiger partial charge is 0.383 e. The average Bonchev–Trinajstić information content (AvgIpc) is 2.50. The number of methoxy groups -OCH3 is 1. The van der Waals surface area contributed by atoms with Crippen molar-refractivity contribution in [3.63, 3.8) is 0 Å². The third-order valence-corrected chi connectivity index (χ3v) is 4.02. The molecule has 0 heterocycles. The molecule has 1 aromatic carbocycles. The van der Waals surface area contributed by atoms with Gasteiger partial charge < -0.3 is 15.0 Å². The van der Waals surface area contributed by atoms with E-state index in [1.165, 1.54) is 11.1 Å². The third kappa shape index (κ3) is 4.99. The molecule has 118 valence electrons. The molecule has 1 aromatic rings. The van der Waals surface area contributed by atoms with Crippen molar-refractivity contribution in [1.82, 2.24) is 10.2 Å². The zero-order valence-electron chi connectivity index (χ0n) is 12.8. The number of rotatable bonds is 6. The Morgan fingerprint density at radius 3 is 2.81 bits per heavy atom. The van der Waals surface area contributed by atoms with E-state index in [1.54, 1.807) is 7.11 Å². The molecular formula is C16H25ClN2O2. The van der Waals surface area contributed by atoms with Crippen LogP contribution in [0.1, 0.15) is 17.5 Å². The lowest BCUT2D eigenvalue weighted by molar-refractivity contribution is -0.131. The van der Waals surface area contributed by atoms with Crippen molar-refractivity contribution < 1.29 is 9.53 Å². The monoisotopic (exact) mass is 312 g/mol. The average molecular weight is 313 g/mol. The molecule has 0 bridgehead atoms. The SMILES string of the molecule is COCCNCC(=O)N(C)C1CCc2ccccc2C1.Cl. The van der Waals surface area contributed by atoms with Crippen molar-refractivity contribution in [2.75, 3.05) is 33.9 Å². The summed E-state index contributed by atoms with van der Waals surface area (Å²) in [5, 5.41) is 3.11. The van der Waals surface area contributed by atoms with Crippen molar-refractivity contribution in [1.29, 1.82) is 0 Å². The molecule has 4 nitrogen and oxygen atoms in total. The van der Waals surface area contributed by atoms with Crippen LogP contribution < -0.4 is 5.32 Å². The molecule has 0 fully saturated rings. The van der Waals surface area contributed by atoms with Crippen molar-refractivity contribution in [2.24, 2.45) is 0 Å². The molecule has 21 heavy (non-hydrogen) atoms. The van der Waals surface area contributed by atoms with Crippen molar-refractivity contribution >= 4 is 18.3 Å². The van der Waals surface area contributed by atoms with Crippen LogP contribution in [0.5, 0.6) is 0 Å². The highest BCUT2D eigenvalue weighted by Crippen LogP contribution is 2.23. The molecule has 0 aromatic heterocycles. The number of nitrogens with zero attached hydrogens (tertiary/aromatic N) is 1. The van der Waals surface area contributed by atoms with E-state index in [1.807, 2.05) is 11.9 Å². The van der Waals surface area contributed by atoms with Crippen molar-refractivity contribution in [3.8, 4) is 0 Å². The molecule has 1 unspecified atom stereocenters. The first kappa shape index (κ1) is 18.0. The van der Waals surface area contributed by atoms with E-state index in [0.29, 0.717) is 25.7 Å². The first-order valence-corrected chi connectivity index (χ1v) is 7.24. The van der Waals surface area contributed by atoms with Gasteiger partial charge in [-0.25, -0.2) is 0 Å². The summed E-state index contributed by atoms with van der Waals surface area (Å²) in [7, 11) is 3.58. The van der Waals surface area contributed by atoms with E-state index in [2.05, 4.69) is 29.6 Å². The van der Waals surface area contributed by atoms with Crippen LogP contribution in [0.2, 0.25) is 0 Å². The van der Waals surface area contributed by atoms with Gasteiger partial charge in [0.25, 0.3) is 0 Å². The standard InChI is InChI=1S/C16H24N2O2.ClH/c1-18(16(19)12-17-9-10-20-2)15-8-7-13-5-3-4-6-14(13)11-15;/h3-6,15,17H,7-12H2,1-2H3;1H. The summed E-state index contributed by atoms with van der Waals surface area (Å²) in [4.78, 5) is 14.0. The number of nitrogens with one attached hydrogen (secondary N) is 1. The highest BCUT2D eigenvalue weighted by atomic mass is 35.5. The minimum atomic E-state index is 0. The Morgan fingerprint density at radius 2 is 2.10 bits per heavy atom. The molecule has 0 aliphatic heterocycles. The fourth-order valence-electron chi connectivity index (χ4n) is 2.71. The number of hydrogen-bond acceptors (Lipinski definition) is 3. The molecule has 1 aliphatic carbocycles. The summed E-state index contributed by atoms with van der Waals surface area (Å²) in [5.41, 5.74) is 2.82. The van der Waals surface area contributed by atoms with Gasteiger partial charge in [0.15, 0.2) is 0 Å². The third-order valence-electron chi connectivity index (χ3n) is 4.02. The van der Waals surface area contributed by atoms with E-state index in [4.69, 9.17) is 4.74 Å². The molecule has 5 heteroatoms. The predicted molar refractivity (Wildman–Crippen MR) is 87.0 cm³/mol. The number of carbonyl (C=O) groups excluding carboxylic acids is 1. The molecule has 1 N–H and O–H groups in total. The number of likely N-dealkylation sites (N-methyl/N-ethyl adjacent to an activating group) is 1. The first-order valence-electron chi connectivity index (χ1n) is 7.24. The molecule has 0 saturated heterocycles. The fourth-order valence-corrected chi connectivity index (χ4v) is 2.71. The van der Waals surface area contributed by atoms with Crippen LogP contribution >= 0.6 is 12.4 Å². The summed E-state index contributed by atoms with van der Waals surface area (Å²) in [6.45, 7) is 1.73. The van der Waals surface area contributed by atoms with Gasteiger partial charge in [-0.2, -0.15) is 0 Å². The Bertz CT molecular complexity index is 454. The molecule has 1 aliphatic rings. The summed E-state index contributed by atoms with van der Waals surface area (Å²) < 4.78 is 4.95. The Labute approximate surface area is 133 Å². The molecule has 0 saturated carbocycles. The van der Waals surface area contributed by atoms with Gasteiger partial charge in [0, 0.05) is 26.7 Å². The maximum absolute atomic E-state index is 12.1. The maximum Gasteiger partial charge on any atom is 0.236 e. The van der Waals surface area contributed by atoms with Gasteiger partial charge in [0.05, 0.1) is 13.2 Å². The van der Waals surface area contributed by atoms with Crippen LogP contribution in [0.25, 0.3) is 0 Å². The number of amides is 1. The smallest absolute Gasteiger partial charge is 0.236 e. The predicted octanol–water partition coefficient (Wildman–Crippen LogP) is 1.66. The van der Waals surface area contributed by atoms with Gasteiger partial charge >= 0.3 is 0 Å². The molecule has 1 amide bonds. The summed E-state index contributed by atoms with van der Waals surface area (Å²) >= 11 is 0. The Balaban J connectivity index is 0.00000220. The Morgan fingerprint density at radius 1 is 1.38 bits per heavy atom. The van der Waals surface area contributed by atoms with Crippen LogP contribution in [0.3, 0.4) is 0 Å². The van der Waals surface area contributed by atoms with Crippen LogP contribution in [-0.4, -0.2) is 50.7 Å². The second-order valence-electron chi connectivity index (χ2n) is 5.34. The Kier molecular flexibility index (Phi) is 7.72. The van der Waals surface area contributed by atoms with E-state index in [0.717, 1.165) is 19.3 Å². The summed E-state index contributed by atoms with van der Waals surface area (Å²) in [6.07, 6.45) is 3.09. The lowest BCUT2D eigenvalue weighted by Gasteiger charge is -2.32. The lowest BCUT2D eigenvalue weighted by atomic mass is 9.87. The minimum absolute atomic E-state index is 0. The number of carbonyl (C=O) groups is 1. The summed E-state index contributed by atoms with van der Waals surface area (Å²) in [6, 6.07) is 8.86. The van der Waals surface area contributed by atoms with E-state index in [-0.39, 0.29) is 18.3 Å². The van der Waals surface area contributed by atoms with E-state index >= 15 is 0 Å². The van der Waals surface area contributed by atoms with Crippen LogP contribution in [0, 0.1) is 0 Å². The quantitative estimate of drug-likeness (QED) is 0.812. The van der Waals surface area contributed by atoms with Gasteiger partial charge in [-0.3, -0.25) is 4.79 Å². The topological polar surface area (TPSA) is 41.6 Å². The van der Waals surface area contributed by atoms with Crippen LogP contribution in [0.4, 0.5) is 0 Å². The molecule has 1 atom stereocenters. The number of halogens is 1. The maximum atomic E-state index is 12.1. The second-order valence-corrected chi connectivity index (χ2v) is 5.34. The fraction of sp³-hybridized carbons (Fsp3) is 0.562. The zero-order chi connectivity index (χ0) is 14.4. The highest BCUT2D eigenvalue weighted by Gasteiger charge is 2.24. The van der Waals surface area contributed by atoms with Gasteiger partial charge in [-0.1, -0.05) is 24.3 Å². The zero-order valence-corrected chi connectivity index (χ0v) is 13.6. The van der Waals surface area contributed by atoms with Gasteiger partial charge in [0.1, 0.15) is 0 Å². The van der Waals surface area contributed by atoms with E-state index < -0.39 is 0 Å². The van der Waals surface area contributed by atoms with Crippen LogP contribution in [0.15, 0.2) is 24.3 Å². The molecule has 2 rings (SSSR count). The van der Waals surface area contributed by atoms with E-state index in [9.17, 15) is 4.79 Å². The van der Waals surface area contributed by atoms with Gasteiger partial charge in [-0.15, -0.1) is 12.4 Å². The molecule has 0 radical (unpaired) electrons. The van der Waals surface area contributed by atoms with Crippen molar-refractivity contribution in [2.45, 2.75) is 25.3 Å². The molecule has 0 spiro atoms. The first-order chi connectivity index (χ1) is 9.72. The minimum Gasteiger partial charge on any atom is -0.383 e. The van der Waals surface area contributed by atoms with Gasteiger partial charge in [0.2, 0.25) is 5.91 Å². The number of benzene rings is 1. The van der Waals surface area contributed by atoms with Crippen molar-refractivity contribution in [3.05, 3.63) is 35.4 Å². The molecular weight excluding hydrogens is 288 g/mol. The number of hydrogen-bond donors (Lipinski definition) is 1. The summed E-state index contributed by atoms with van der Waals surface area (Å²) in [5.74, 6) is 0.158. The van der Waals surface area contributed by atoms with Crippen LogP contribution in [-0.2, 0) is 22.4 Å². The number of fused-ring (bicyclic) bond motifs is 1. The Hall–Kier alpha value is -1.10. The number of aryl methyl sites for hydroxylation is 1. The normalized spacial score (nSPS) is 16.8. The second kappa shape index (κ2) is 9.03. The lowest BCUT2D eigenvalue weighted by Crippen LogP contribution is -2.44. The van der Waals surface area contributed by atoms with Gasteiger partial charge in [-0.05, 0) is 30.4 Å². The number of ether oxygens (including phenoxy) is 1.